The fourth-order valence-electron chi connectivity index (χ4n) is 2.61. The predicted molar refractivity (Wildman–Crippen MR) is 79.6 cm³/mol. The van der Waals surface area contributed by atoms with Crippen LogP contribution in [0.25, 0.3) is 28.4 Å². The zero-order valence-electron chi connectivity index (χ0n) is 11.0. The van der Waals surface area contributed by atoms with E-state index in [0.717, 1.165) is 23.3 Å². The van der Waals surface area contributed by atoms with Gasteiger partial charge in [0.25, 0.3) is 0 Å². The quantitative estimate of drug-likeness (QED) is 0.598. The van der Waals surface area contributed by atoms with Gasteiger partial charge in [-0.15, -0.1) is 0 Å². The number of aromatic amines is 1. The SMILES string of the molecule is Nc1cc(-c2ccc3c4c([nH]c3n2)C=CNC4)cc(F)n1. The normalized spacial score (nSPS) is 13.2. The van der Waals surface area contributed by atoms with E-state index < -0.39 is 5.95 Å². The molecule has 21 heavy (non-hydrogen) atoms. The number of hydrogen-bond donors (Lipinski definition) is 3. The lowest BCUT2D eigenvalue weighted by atomic mass is 10.1. The molecule has 4 N–H and O–H groups in total. The Hall–Kier alpha value is -2.89. The van der Waals surface area contributed by atoms with Crippen molar-refractivity contribution < 1.29 is 4.39 Å². The van der Waals surface area contributed by atoms with E-state index in [0.29, 0.717) is 11.3 Å². The molecule has 3 aromatic rings. The molecular weight excluding hydrogens is 269 g/mol. The zero-order chi connectivity index (χ0) is 14.4. The maximum atomic E-state index is 13.4. The Kier molecular flexibility index (Phi) is 2.44. The molecule has 0 fully saturated rings. The van der Waals surface area contributed by atoms with Gasteiger partial charge in [0.15, 0.2) is 0 Å². The van der Waals surface area contributed by atoms with Crippen LogP contribution >= 0.6 is 0 Å². The van der Waals surface area contributed by atoms with Crippen molar-refractivity contribution in [3.05, 3.63) is 47.7 Å². The van der Waals surface area contributed by atoms with Gasteiger partial charge in [-0.3, -0.25) is 0 Å². The van der Waals surface area contributed by atoms with Crippen molar-refractivity contribution >= 4 is 22.9 Å². The molecule has 0 amide bonds. The molecule has 0 spiro atoms. The average Bonchev–Trinajstić information content (AvgIpc) is 2.83. The molecule has 4 rings (SSSR count). The van der Waals surface area contributed by atoms with Gasteiger partial charge >= 0.3 is 0 Å². The highest BCUT2D eigenvalue weighted by atomic mass is 19.1. The number of fused-ring (bicyclic) bond motifs is 3. The number of aromatic nitrogens is 3. The zero-order valence-corrected chi connectivity index (χ0v) is 11.0. The third-order valence-electron chi connectivity index (χ3n) is 3.55. The molecular formula is C15H12FN5. The highest BCUT2D eigenvalue weighted by Gasteiger charge is 2.14. The van der Waals surface area contributed by atoms with Crippen LogP contribution in [0.5, 0.6) is 0 Å². The van der Waals surface area contributed by atoms with Crippen LogP contribution in [-0.4, -0.2) is 15.0 Å². The first-order valence-electron chi connectivity index (χ1n) is 6.56. The molecule has 104 valence electrons. The molecule has 6 heteroatoms. The summed E-state index contributed by atoms with van der Waals surface area (Å²) in [6.45, 7) is 0.768. The average molecular weight is 281 g/mol. The van der Waals surface area contributed by atoms with Crippen LogP contribution in [-0.2, 0) is 6.54 Å². The van der Waals surface area contributed by atoms with E-state index in [1.807, 2.05) is 24.4 Å². The summed E-state index contributed by atoms with van der Waals surface area (Å²) in [6, 6.07) is 6.79. The summed E-state index contributed by atoms with van der Waals surface area (Å²) in [5, 5.41) is 4.24. The second-order valence-electron chi connectivity index (χ2n) is 4.93. The number of anilines is 1. The number of pyridine rings is 2. The Bertz CT molecular complexity index is 861. The van der Waals surface area contributed by atoms with Gasteiger partial charge in [0.2, 0.25) is 5.95 Å². The van der Waals surface area contributed by atoms with Crippen molar-refractivity contribution in [2.45, 2.75) is 6.54 Å². The molecule has 0 radical (unpaired) electrons. The first-order valence-corrected chi connectivity index (χ1v) is 6.56. The highest BCUT2D eigenvalue weighted by Crippen LogP contribution is 2.27. The summed E-state index contributed by atoms with van der Waals surface area (Å²) >= 11 is 0. The first kappa shape index (κ1) is 11.9. The van der Waals surface area contributed by atoms with Crippen LogP contribution in [0.4, 0.5) is 10.2 Å². The van der Waals surface area contributed by atoms with Crippen molar-refractivity contribution in [1.29, 1.82) is 0 Å². The van der Waals surface area contributed by atoms with Crippen LogP contribution in [0.15, 0.2) is 30.5 Å². The molecule has 1 aliphatic rings. The Morgan fingerprint density at radius 3 is 2.95 bits per heavy atom. The summed E-state index contributed by atoms with van der Waals surface area (Å²) in [7, 11) is 0. The molecule has 1 aliphatic heterocycles. The van der Waals surface area contributed by atoms with Crippen molar-refractivity contribution in [3.63, 3.8) is 0 Å². The third kappa shape index (κ3) is 1.92. The second-order valence-corrected chi connectivity index (χ2v) is 4.93. The maximum Gasteiger partial charge on any atom is 0.215 e. The maximum absolute atomic E-state index is 13.4. The Morgan fingerprint density at radius 1 is 1.19 bits per heavy atom. The summed E-state index contributed by atoms with van der Waals surface area (Å²) < 4.78 is 13.4. The predicted octanol–water partition coefficient (Wildman–Crippen LogP) is 2.42. The number of nitrogens with two attached hydrogens (primary N) is 1. The van der Waals surface area contributed by atoms with Crippen LogP contribution in [0, 0.1) is 5.95 Å². The van der Waals surface area contributed by atoms with Gasteiger partial charge in [-0.25, -0.2) is 9.97 Å². The van der Waals surface area contributed by atoms with E-state index in [-0.39, 0.29) is 5.82 Å². The number of hydrogen-bond acceptors (Lipinski definition) is 4. The molecule has 5 nitrogen and oxygen atoms in total. The van der Waals surface area contributed by atoms with E-state index >= 15 is 0 Å². The molecule has 0 saturated heterocycles. The van der Waals surface area contributed by atoms with Crippen LogP contribution in [0.3, 0.4) is 0 Å². The van der Waals surface area contributed by atoms with E-state index in [1.54, 1.807) is 6.07 Å². The molecule has 4 heterocycles. The van der Waals surface area contributed by atoms with E-state index in [1.165, 1.54) is 11.6 Å². The van der Waals surface area contributed by atoms with Gasteiger partial charge in [-0.1, -0.05) is 0 Å². The first-order chi connectivity index (χ1) is 10.2. The molecule has 0 saturated carbocycles. The van der Waals surface area contributed by atoms with Gasteiger partial charge in [-0.2, -0.15) is 4.39 Å². The third-order valence-corrected chi connectivity index (χ3v) is 3.55. The van der Waals surface area contributed by atoms with E-state index in [2.05, 4.69) is 20.3 Å². The molecule has 0 atom stereocenters. The molecule has 0 aromatic carbocycles. The van der Waals surface area contributed by atoms with Crippen LogP contribution in [0.1, 0.15) is 11.3 Å². The lowest BCUT2D eigenvalue weighted by Gasteiger charge is -2.07. The minimum absolute atomic E-state index is 0.143. The molecule has 0 bridgehead atoms. The lowest BCUT2D eigenvalue weighted by Crippen LogP contribution is -2.08. The van der Waals surface area contributed by atoms with Crippen LogP contribution < -0.4 is 11.1 Å². The topological polar surface area (TPSA) is 79.6 Å². The van der Waals surface area contributed by atoms with Crippen molar-refractivity contribution in [2.24, 2.45) is 0 Å². The standard InChI is InChI=1S/C15H12FN5/c16-13-5-8(6-14(17)21-13)11-2-1-9-10-7-18-4-3-12(10)20-15(9)19-11/h1-6,18H,7H2,(H2,17,21)(H,19,20). The van der Waals surface area contributed by atoms with Gasteiger partial charge in [0.05, 0.1) is 5.69 Å². The summed E-state index contributed by atoms with van der Waals surface area (Å²) in [4.78, 5) is 11.4. The Balaban J connectivity index is 1.89. The van der Waals surface area contributed by atoms with Gasteiger partial charge < -0.3 is 16.0 Å². The Labute approximate surface area is 119 Å². The minimum atomic E-state index is -0.607. The van der Waals surface area contributed by atoms with Gasteiger partial charge in [0, 0.05) is 34.8 Å². The largest absolute Gasteiger partial charge is 0.387 e. The van der Waals surface area contributed by atoms with Crippen molar-refractivity contribution in [3.8, 4) is 11.3 Å². The number of nitrogens with zero attached hydrogens (tertiary/aromatic N) is 2. The highest BCUT2D eigenvalue weighted by molar-refractivity contribution is 5.86. The monoisotopic (exact) mass is 281 g/mol. The molecule has 0 aliphatic carbocycles. The van der Waals surface area contributed by atoms with Crippen LogP contribution in [0.2, 0.25) is 0 Å². The Morgan fingerprint density at radius 2 is 2.10 bits per heavy atom. The van der Waals surface area contributed by atoms with Gasteiger partial charge in [-0.05, 0) is 30.5 Å². The van der Waals surface area contributed by atoms with Gasteiger partial charge in [0.1, 0.15) is 11.5 Å². The minimum Gasteiger partial charge on any atom is -0.387 e. The van der Waals surface area contributed by atoms with E-state index in [9.17, 15) is 4.39 Å². The number of nitrogens with one attached hydrogen (secondary N) is 2. The number of H-pyrrole nitrogens is 1. The summed E-state index contributed by atoms with van der Waals surface area (Å²) in [5.41, 5.74) is 9.87. The smallest absolute Gasteiger partial charge is 0.215 e. The lowest BCUT2D eigenvalue weighted by molar-refractivity contribution is 0.586. The molecule has 3 aromatic heterocycles. The number of halogens is 1. The fraction of sp³-hybridized carbons (Fsp3) is 0.0667. The number of rotatable bonds is 1. The fourth-order valence-corrected chi connectivity index (χ4v) is 2.61. The van der Waals surface area contributed by atoms with E-state index in [4.69, 9.17) is 5.73 Å². The van der Waals surface area contributed by atoms with Crippen molar-refractivity contribution in [1.82, 2.24) is 20.3 Å². The number of nitrogen functional groups attached to an aromatic ring is 1. The molecule has 0 unspecified atom stereocenters. The summed E-state index contributed by atoms with van der Waals surface area (Å²) in [5.74, 6) is -0.463. The summed E-state index contributed by atoms with van der Waals surface area (Å²) in [6.07, 6.45) is 3.88. The van der Waals surface area contributed by atoms with Crippen molar-refractivity contribution in [2.75, 3.05) is 5.73 Å². The second kappa shape index (κ2) is 4.31.